The molecule has 0 aliphatic carbocycles. The minimum Gasteiger partial charge on any atom is -0.497 e. The number of nitrogens with zero attached hydrogens (tertiary/aromatic N) is 2. The molecule has 1 N–H and O–H groups in total. The van der Waals surface area contributed by atoms with E-state index in [0.29, 0.717) is 37.5 Å². The number of hydrogen-bond donors (Lipinski definition) is 1. The molecule has 2 fully saturated rings. The Bertz CT molecular complexity index is 597. The summed E-state index contributed by atoms with van der Waals surface area (Å²) in [6.07, 6.45) is 3.17. The summed E-state index contributed by atoms with van der Waals surface area (Å²) in [5.41, 5.74) is 0.628. The molecule has 2 aliphatic rings. The third kappa shape index (κ3) is 4.64. The zero-order chi connectivity index (χ0) is 16.9. The van der Waals surface area contributed by atoms with Gasteiger partial charge in [0.15, 0.2) is 0 Å². The fourth-order valence-electron chi connectivity index (χ4n) is 3.35. The molecule has 1 unspecified atom stereocenters. The van der Waals surface area contributed by atoms with Crippen molar-refractivity contribution >= 4 is 24.2 Å². The van der Waals surface area contributed by atoms with Crippen LogP contribution in [-0.4, -0.2) is 67.5 Å². The summed E-state index contributed by atoms with van der Waals surface area (Å²) >= 11 is 0. The molecule has 2 saturated heterocycles. The fourth-order valence-corrected chi connectivity index (χ4v) is 3.35. The van der Waals surface area contributed by atoms with Crippen molar-refractivity contribution in [2.24, 2.45) is 0 Å². The summed E-state index contributed by atoms with van der Waals surface area (Å²) in [4.78, 5) is 28.8. The summed E-state index contributed by atoms with van der Waals surface area (Å²) in [6.45, 7) is 3.28. The summed E-state index contributed by atoms with van der Waals surface area (Å²) in [7, 11) is 1.59. The van der Waals surface area contributed by atoms with Gasteiger partial charge in [-0.2, -0.15) is 0 Å². The Balaban J connectivity index is 0.00000225. The third-order valence-electron chi connectivity index (χ3n) is 4.80. The van der Waals surface area contributed by atoms with Gasteiger partial charge in [0.25, 0.3) is 5.91 Å². The first-order valence-electron chi connectivity index (χ1n) is 8.64. The van der Waals surface area contributed by atoms with Crippen LogP contribution in [0.5, 0.6) is 5.75 Å². The lowest BCUT2D eigenvalue weighted by molar-refractivity contribution is -0.135. The molecule has 1 aromatic carbocycles. The van der Waals surface area contributed by atoms with E-state index in [9.17, 15) is 9.59 Å². The van der Waals surface area contributed by atoms with Crippen molar-refractivity contribution in [3.63, 3.8) is 0 Å². The molecule has 25 heavy (non-hydrogen) atoms. The van der Waals surface area contributed by atoms with Crippen LogP contribution in [0.4, 0.5) is 0 Å². The number of rotatable bonds is 3. The van der Waals surface area contributed by atoms with Crippen LogP contribution in [0.1, 0.15) is 29.6 Å². The summed E-state index contributed by atoms with van der Waals surface area (Å²) in [5.74, 6) is 0.859. The van der Waals surface area contributed by atoms with Crippen LogP contribution in [0.3, 0.4) is 0 Å². The van der Waals surface area contributed by atoms with Crippen molar-refractivity contribution in [2.75, 3.05) is 39.8 Å². The van der Waals surface area contributed by atoms with E-state index in [-0.39, 0.29) is 30.3 Å². The fraction of sp³-hybridized carbons (Fsp3) is 0.556. The van der Waals surface area contributed by atoms with E-state index >= 15 is 0 Å². The van der Waals surface area contributed by atoms with Gasteiger partial charge < -0.3 is 19.9 Å². The number of amides is 2. The Morgan fingerprint density at radius 1 is 1.12 bits per heavy atom. The molecule has 138 valence electrons. The molecule has 6 nitrogen and oxygen atoms in total. The van der Waals surface area contributed by atoms with Crippen LogP contribution >= 0.6 is 12.4 Å². The van der Waals surface area contributed by atoms with Crippen LogP contribution in [0.2, 0.25) is 0 Å². The van der Waals surface area contributed by atoms with Gasteiger partial charge in [-0.15, -0.1) is 12.4 Å². The van der Waals surface area contributed by atoms with E-state index < -0.39 is 0 Å². The third-order valence-corrected chi connectivity index (χ3v) is 4.80. The van der Waals surface area contributed by atoms with Crippen molar-refractivity contribution in [1.29, 1.82) is 0 Å². The Hall–Kier alpha value is -1.79. The molecule has 0 bridgehead atoms. The number of methoxy groups -OCH3 is 1. The molecule has 2 aliphatic heterocycles. The molecule has 2 heterocycles. The minimum absolute atomic E-state index is 0. The molecular weight excluding hydrogens is 342 g/mol. The topological polar surface area (TPSA) is 61.9 Å². The second kappa shape index (κ2) is 9.06. The number of carbonyl (C=O) groups is 2. The molecule has 0 spiro atoms. The number of piperidine rings is 1. The van der Waals surface area contributed by atoms with Crippen LogP contribution in [0.25, 0.3) is 0 Å². The summed E-state index contributed by atoms with van der Waals surface area (Å²) < 4.78 is 5.18. The maximum Gasteiger partial charge on any atom is 0.254 e. The maximum atomic E-state index is 12.6. The molecular formula is C18H26ClN3O3. The van der Waals surface area contributed by atoms with Gasteiger partial charge in [0.1, 0.15) is 5.75 Å². The number of hydrogen-bond acceptors (Lipinski definition) is 4. The molecule has 0 radical (unpaired) electrons. The molecule has 2 amide bonds. The first-order valence-corrected chi connectivity index (χ1v) is 8.64. The standard InChI is InChI=1S/C18H25N3O3.ClH/c1-24-15-6-4-5-14(13-15)17(22)20-9-11-21(12-10-20)18(23)16-7-2-3-8-19-16;/h4-6,13,16,19H,2-3,7-12H2,1H3;1H. The molecule has 0 aromatic heterocycles. The zero-order valence-electron chi connectivity index (χ0n) is 14.6. The number of nitrogens with one attached hydrogen (secondary N) is 1. The van der Waals surface area contributed by atoms with Gasteiger partial charge in [-0.3, -0.25) is 9.59 Å². The summed E-state index contributed by atoms with van der Waals surface area (Å²) in [5, 5.41) is 3.30. The average molecular weight is 368 g/mol. The van der Waals surface area contributed by atoms with E-state index in [1.54, 1.807) is 19.2 Å². The monoisotopic (exact) mass is 367 g/mol. The van der Waals surface area contributed by atoms with Crippen molar-refractivity contribution < 1.29 is 14.3 Å². The number of ether oxygens (including phenoxy) is 1. The Kier molecular flexibility index (Phi) is 7.08. The Morgan fingerprint density at radius 3 is 2.48 bits per heavy atom. The second-order valence-electron chi connectivity index (χ2n) is 6.35. The number of carbonyl (C=O) groups excluding carboxylic acids is 2. The highest BCUT2D eigenvalue weighted by molar-refractivity contribution is 5.94. The van der Waals surface area contributed by atoms with E-state index in [0.717, 1.165) is 25.8 Å². The average Bonchev–Trinajstić information content (AvgIpc) is 2.67. The van der Waals surface area contributed by atoms with Crippen LogP contribution in [0, 0.1) is 0 Å². The van der Waals surface area contributed by atoms with Gasteiger partial charge in [-0.25, -0.2) is 0 Å². The van der Waals surface area contributed by atoms with Crippen LogP contribution < -0.4 is 10.1 Å². The zero-order valence-corrected chi connectivity index (χ0v) is 15.4. The minimum atomic E-state index is -0.0422. The van der Waals surface area contributed by atoms with Gasteiger partial charge in [0, 0.05) is 31.7 Å². The van der Waals surface area contributed by atoms with Crippen molar-refractivity contribution in [3.8, 4) is 5.75 Å². The number of benzene rings is 1. The quantitative estimate of drug-likeness (QED) is 0.880. The van der Waals surface area contributed by atoms with Gasteiger partial charge in [-0.1, -0.05) is 12.5 Å². The predicted octanol–water partition coefficient (Wildman–Crippen LogP) is 1.54. The Morgan fingerprint density at radius 2 is 1.84 bits per heavy atom. The largest absolute Gasteiger partial charge is 0.497 e. The lowest BCUT2D eigenvalue weighted by Crippen LogP contribution is -2.55. The number of piperazine rings is 1. The van der Waals surface area contributed by atoms with Crippen molar-refractivity contribution in [2.45, 2.75) is 25.3 Å². The molecule has 3 rings (SSSR count). The molecule has 1 atom stereocenters. The highest BCUT2D eigenvalue weighted by atomic mass is 35.5. The number of halogens is 1. The highest BCUT2D eigenvalue weighted by Crippen LogP contribution is 2.16. The van der Waals surface area contributed by atoms with Crippen molar-refractivity contribution in [3.05, 3.63) is 29.8 Å². The summed E-state index contributed by atoms with van der Waals surface area (Å²) in [6, 6.07) is 7.16. The van der Waals surface area contributed by atoms with E-state index in [4.69, 9.17) is 4.74 Å². The lowest BCUT2D eigenvalue weighted by Gasteiger charge is -2.37. The smallest absolute Gasteiger partial charge is 0.254 e. The van der Waals surface area contributed by atoms with Gasteiger partial charge in [0.05, 0.1) is 13.2 Å². The molecule has 0 saturated carbocycles. The molecule has 7 heteroatoms. The maximum absolute atomic E-state index is 12.6. The molecule has 1 aromatic rings. The predicted molar refractivity (Wildman–Crippen MR) is 98.4 cm³/mol. The van der Waals surface area contributed by atoms with E-state index in [2.05, 4.69) is 5.32 Å². The first-order chi connectivity index (χ1) is 11.7. The SMILES string of the molecule is COc1cccc(C(=O)N2CCN(C(=O)C3CCCCN3)CC2)c1.Cl. The van der Waals surface area contributed by atoms with Crippen LogP contribution in [0.15, 0.2) is 24.3 Å². The highest BCUT2D eigenvalue weighted by Gasteiger charge is 2.29. The normalized spacial score (nSPS) is 20.6. The van der Waals surface area contributed by atoms with Gasteiger partial charge in [-0.05, 0) is 37.6 Å². The van der Waals surface area contributed by atoms with Crippen LogP contribution in [-0.2, 0) is 4.79 Å². The van der Waals surface area contributed by atoms with Gasteiger partial charge >= 0.3 is 0 Å². The van der Waals surface area contributed by atoms with Gasteiger partial charge in [0.2, 0.25) is 5.91 Å². The Labute approximate surface area is 154 Å². The second-order valence-corrected chi connectivity index (χ2v) is 6.35. The van der Waals surface area contributed by atoms with E-state index in [1.807, 2.05) is 21.9 Å². The van der Waals surface area contributed by atoms with Crippen molar-refractivity contribution in [1.82, 2.24) is 15.1 Å². The lowest BCUT2D eigenvalue weighted by atomic mass is 10.0. The first kappa shape index (κ1) is 19.5. The van der Waals surface area contributed by atoms with E-state index in [1.165, 1.54) is 0 Å².